The van der Waals surface area contributed by atoms with Crippen molar-refractivity contribution in [1.82, 2.24) is 5.32 Å². The van der Waals surface area contributed by atoms with Gasteiger partial charge in [-0.1, -0.05) is 31.5 Å². The van der Waals surface area contributed by atoms with Crippen molar-refractivity contribution < 1.29 is 4.39 Å². The summed E-state index contributed by atoms with van der Waals surface area (Å²) >= 11 is 5.85. The number of fused-ring (bicyclic) bond motifs is 1. The molecule has 2 aliphatic rings. The summed E-state index contributed by atoms with van der Waals surface area (Å²) in [5.41, 5.74) is 1.06. The van der Waals surface area contributed by atoms with Crippen LogP contribution < -0.4 is 5.32 Å². The van der Waals surface area contributed by atoms with Crippen LogP contribution in [0.1, 0.15) is 38.7 Å². The number of hydrogen-bond donors (Lipinski definition) is 1. The van der Waals surface area contributed by atoms with Gasteiger partial charge in [0.25, 0.3) is 0 Å². The maximum Gasteiger partial charge on any atom is 0.127 e. The molecule has 0 spiro atoms. The lowest BCUT2D eigenvalue weighted by Crippen LogP contribution is -2.38. The van der Waals surface area contributed by atoms with E-state index in [-0.39, 0.29) is 11.2 Å². The van der Waals surface area contributed by atoms with Crippen LogP contribution in [0.25, 0.3) is 0 Å². The quantitative estimate of drug-likeness (QED) is 0.847. The van der Waals surface area contributed by atoms with E-state index < -0.39 is 0 Å². The first-order chi connectivity index (χ1) is 9.47. The van der Waals surface area contributed by atoms with Crippen LogP contribution in [0.15, 0.2) is 18.2 Å². The number of benzene rings is 1. The van der Waals surface area contributed by atoms with Crippen LogP contribution in [0.3, 0.4) is 0 Å². The predicted octanol–water partition coefficient (Wildman–Crippen LogP) is 4.44. The van der Waals surface area contributed by atoms with E-state index in [9.17, 15) is 4.39 Å². The van der Waals surface area contributed by atoms with Gasteiger partial charge in [-0.15, -0.1) is 0 Å². The minimum atomic E-state index is -0.151. The molecule has 1 aromatic rings. The van der Waals surface area contributed by atoms with Gasteiger partial charge in [0, 0.05) is 17.6 Å². The summed E-state index contributed by atoms with van der Waals surface area (Å²) < 4.78 is 14.1. The molecule has 1 aromatic carbocycles. The molecular formula is C17H23ClFN. The van der Waals surface area contributed by atoms with Gasteiger partial charge in [-0.2, -0.15) is 0 Å². The Balaban J connectivity index is 1.76. The molecule has 110 valence electrons. The van der Waals surface area contributed by atoms with E-state index in [2.05, 4.69) is 19.2 Å². The molecule has 0 aromatic heterocycles. The molecule has 2 saturated carbocycles. The zero-order chi connectivity index (χ0) is 14.3. The van der Waals surface area contributed by atoms with Gasteiger partial charge in [0.1, 0.15) is 5.82 Å². The third-order valence-corrected chi connectivity index (χ3v) is 5.16. The van der Waals surface area contributed by atoms with Gasteiger partial charge < -0.3 is 5.32 Å². The summed E-state index contributed by atoms with van der Waals surface area (Å²) in [6.07, 6.45) is 4.73. The number of rotatable bonds is 5. The van der Waals surface area contributed by atoms with Crippen LogP contribution in [0.2, 0.25) is 5.02 Å². The number of hydrogen-bond acceptors (Lipinski definition) is 1. The van der Waals surface area contributed by atoms with Crippen LogP contribution in [0, 0.1) is 23.1 Å². The highest BCUT2D eigenvalue weighted by Crippen LogP contribution is 2.60. The maximum atomic E-state index is 14.1. The summed E-state index contributed by atoms with van der Waals surface area (Å²) in [4.78, 5) is 0. The molecule has 1 nitrogen and oxygen atoms in total. The second kappa shape index (κ2) is 5.31. The molecule has 0 radical (unpaired) electrons. The lowest BCUT2D eigenvalue weighted by molar-refractivity contribution is 0.239. The van der Waals surface area contributed by atoms with Gasteiger partial charge in [-0.05, 0) is 60.6 Å². The van der Waals surface area contributed by atoms with Crippen molar-refractivity contribution in [3.05, 3.63) is 34.6 Å². The van der Waals surface area contributed by atoms with E-state index in [1.165, 1.54) is 25.3 Å². The van der Waals surface area contributed by atoms with Crippen molar-refractivity contribution in [1.29, 1.82) is 0 Å². The van der Waals surface area contributed by atoms with Crippen LogP contribution in [-0.4, -0.2) is 12.6 Å². The van der Waals surface area contributed by atoms with E-state index >= 15 is 0 Å². The molecule has 2 unspecified atom stereocenters. The third kappa shape index (κ3) is 3.01. The Kier molecular flexibility index (Phi) is 3.81. The average molecular weight is 296 g/mol. The van der Waals surface area contributed by atoms with E-state index in [0.29, 0.717) is 11.1 Å². The topological polar surface area (TPSA) is 12.0 Å². The summed E-state index contributed by atoms with van der Waals surface area (Å²) in [6, 6.07) is 5.59. The molecule has 0 saturated heterocycles. The van der Waals surface area contributed by atoms with Crippen LogP contribution in [0.5, 0.6) is 0 Å². The summed E-state index contributed by atoms with van der Waals surface area (Å²) in [5, 5.41) is 4.05. The van der Waals surface area contributed by atoms with Crippen molar-refractivity contribution in [3.8, 4) is 0 Å². The van der Waals surface area contributed by atoms with Crippen molar-refractivity contribution in [2.45, 2.75) is 45.6 Å². The minimum absolute atomic E-state index is 0.151. The Bertz CT molecular complexity index is 490. The lowest BCUT2D eigenvalue weighted by Gasteiger charge is -2.32. The van der Waals surface area contributed by atoms with E-state index in [1.807, 2.05) is 6.07 Å². The van der Waals surface area contributed by atoms with Gasteiger partial charge in [0.15, 0.2) is 0 Å². The second-order valence-corrected chi connectivity index (χ2v) is 7.55. The first-order valence-corrected chi connectivity index (χ1v) is 8.02. The molecule has 20 heavy (non-hydrogen) atoms. The van der Waals surface area contributed by atoms with Crippen molar-refractivity contribution in [2.75, 3.05) is 6.54 Å². The molecule has 3 rings (SSSR count). The Morgan fingerprint density at radius 2 is 2.05 bits per heavy atom. The van der Waals surface area contributed by atoms with Gasteiger partial charge >= 0.3 is 0 Å². The third-order valence-electron chi connectivity index (χ3n) is 4.93. The fourth-order valence-electron chi connectivity index (χ4n) is 3.85. The minimum Gasteiger partial charge on any atom is -0.314 e. The zero-order valence-corrected chi connectivity index (χ0v) is 13.0. The summed E-state index contributed by atoms with van der Waals surface area (Å²) in [7, 11) is 0. The van der Waals surface area contributed by atoms with E-state index in [1.54, 1.807) is 6.07 Å². The Hall–Kier alpha value is -0.600. The second-order valence-electron chi connectivity index (χ2n) is 7.11. The van der Waals surface area contributed by atoms with Gasteiger partial charge in [0.05, 0.1) is 0 Å². The molecule has 0 aliphatic heterocycles. The predicted molar refractivity (Wildman–Crippen MR) is 81.5 cm³/mol. The smallest absolute Gasteiger partial charge is 0.127 e. The van der Waals surface area contributed by atoms with Crippen molar-refractivity contribution in [3.63, 3.8) is 0 Å². The fraction of sp³-hybridized carbons (Fsp3) is 0.647. The molecule has 3 heteroatoms. The molecule has 0 amide bonds. The van der Waals surface area contributed by atoms with Crippen LogP contribution >= 0.6 is 11.6 Å². The summed E-state index contributed by atoms with van der Waals surface area (Å²) in [6.45, 7) is 5.35. The van der Waals surface area contributed by atoms with Gasteiger partial charge in [-0.25, -0.2) is 4.39 Å². The molecule has 2 aliphatic carbocycles. The molecule has 2 fully saturated rings. The fourth-order valence-corrected chi connectivity index (χ4v) is 4.01. The Labute approximate surface area is 125 Å². The first kappa shape index (κ1) is 14.3. The standard InChI is InChI=1S/C17H23ClFN/c1-11(2)20-10-17(8-13-5-14(13)9-17)7-12-3-4-15(18)6-16(12)19/h3-4,6,11,13-14,20H,5,7-10H2,1-2H3. The normalized spacial score (nSPS) is 31.6. The summed E-state index contributed by atoms with van der Waals surface area (Å²) in [5.74, 6) is 1.65. The number of halogens is 2. The lowest BCUT2D eigenvalue weighted by atomic mass is 9.77. The van der Waals surface area contributed by atoms with Gasteiger partial charge in [-0.3, -0.25) is 0 Å². The maximum absolute atomic E-state index is 14.1. The highest BCUT2D eigenvalue weighted by molar-refractivity contribution is 6.30. The Morgan fingerprint density at radius 3 is 2.65 bits per heavy atom. The zero-order valence-electron chi connectivity index (χ0n) is 12.3. The largest absolute Gasteiger partial charge is 0.314 e. The monoisotopic (exact) mass is 295 g/mol. The van der Waals surface area contributed by atoms with E-state index in [4.69, 9.17) is 11.6 Å². The SMILES string of the molecule is CC(C)NCC1(Cc2ccc(Cl)cc2F)CC2CC2C1. The highest BCUT2D eigenvalue weighted by Gasteiger charge is 2.53. The van der Waals surface area contributed by atoms with Crippen LogP contribution in [-0.2, 0) is 6.42 Å². The molecule has 1 N–H and O–H groups in total. The van der Waals surface area contributed by atoms with Crippen LogP contribution in [0.4, 0.5) is 4.39 Å². The average Bonchev–Trinajstić information content (AvgIpc) is 2.99. The molecule has 0 bridgehead atoms. The molecular weight excluding hydrogens is 273 g/mol. The Morgan fingerprint density at radius 1 is 1.35 bits per heavy atom. The van der Waals surface area contributed by atoms with Gasteiger partial charge in [0.2, 0.25) is 0 Å². The van der Waals surface area contributed by atoms with E-state index in [0.717, 1.165) is 30.4 Å². The molecule has 2 atom stereocenters. The van der Waals surface area contributed by atoms with Crippen molar-refractivity contribution >= 4 is 11.6 Å². The first-order valence-electron chi connectivity index (χ1n) is 7.65. The number of nitrogens with one attached hydrogen (secondary N) is 1. The van der Waals surface area contributed by atoms with Crippen molar-refractivity contribution in [2.24, 2.45) is 17.3 Å². The highest BCUT2D eigenvalue weighted by atomic mass is 35.5. The molecule has 0 heterocycles.